The number of hydrogen-bond acceptors (Lipinski definition) is 2. The zero-order valence-corrected chi connectivity index (χ0v) is 7.67. The summed E-state index contributed by atoms with van der Waals surface area (Å²) in [5.41, 5.74) is 1.74. The largest absolute Gasteiger partial charge is 0.151 e. The summed E-state index contributed by atoms with van der Waals surface area (Å²) in [7, 11) is 0. The van der Waals surface area contributed by atoms with E-state index in [1.165, 1.54) is 0 Å². The molecule has 15 heavy (non-hydrogen) atoms. The van der Waals surface area contributed by atoms with Gasteiger partial charge >= 0.3 is 29.6 Å². The maximum atomic E-state index is 4.10. The van der Waals surface area contributed by atoms with Crippen LogP contribution in [-0.4, -0.2) is 29.6 Å². The molecule has 2 nitrogen and oxygen atoms in total. The molecule has 0 spiro atoms. The van der Waals surface area contributed by atoms with Crippen molar-refractivity contribution < 1.29 is 0 Å². The van der Waals surface area contributed by atoms with Crippen LogP contribution < -0.4 is 0 Å². The summed E-state index contributed by atoms with van der Waals surface area (Å²) < 4.78 is 0. The molecule has 0 aromatic heterocycles. The normalized spacial score (nSPS) is 9.87. The van der Waals surface area contributed by atoms with Crippen molar-refractivity contribution in [2.75, 3.05) is 0 Å². The first-order chi connectivity index (χ1) is 6.95. The van der Waals surface area contributed by atoms with Crippen LogP contribution in [0.4, 0.5) is 11.4 Å². The van der Waals surface area contributed by atoms with E-state index in [2.05, 4.69) is 10.2 Å². The Balaban J connectivity index is 0.00000112. The quantitative estimate of drug-likeness (QED) is 0.531. The van der Waals surface area contributed by atoms with E-state index in [0.717, 1.165) is 11.4 Å². The van der Waals surface area contributed by atoms with Crippen molar-refractivity contribution in [3.63, 3.8) is 0 Å². The Morgan fingerprint density at radius 3 is 1.20 bits per heavy atom. The Kier molecular flexibility index (Phi) is 5.26. The van der Waals surface area contributed by atoms with Gasteiger partial charge < -0.3 is 0 Å². The second-order valence-electron chi connectivity index (χ2n) is 2.87. The first-order valence-corrected chi connectivity index (χ1v) is 4.47. The fourth-order valence-electron chi connectivity index (χ4n) is 1.10. The third-order valence-corrected chi connectivity index (χ3v) is 1.79. The molecule has 0 bridgehead atoms. The van der Waals surface area contributed by atoms with E-state index >= 15 is 0 Å². The smallest absolute Gasteiger partial charge is 0.0857 e. The van der Waals surface area contributed by atoms with Crippen LogP contribution in [0, 0.1) is 0 Å². The molecule has 0 aliphatic carbocycles. The SMILES string of the molecule is [NaH].c1ccc(N=Nc2ccccc2)cc1. The van der Waals surface area contributed by atoms with E-state index in [1.54, 1.807) is 0 Å². The first-order valence-electron chi connectivity index (χ1n) is 4.47. The molecule has 2 rings (SSSR count). The summed E-state index contributed by atoms with van der Waals surface area (Å²) >= 11 is 0. The van der Waals surface area contributed by atoms with E-state index in [0.29, 0.717) is 0 Å². The molecule has 0 N–H and O–H groups in total. The summed E-state index contributed by atoms with van der Waals surface area (Å²) in [5, 5.41) is 8.20. The fourth-order valence-corrected chi connectivity index (χ4v) is 1.10. The van der Waals surface area contributed by atoms with E-state index in [4.69, 9.17) is 0 Å². The zero-order chi connectivity index (χ0) is 9.64. The molecular formula is C12H11N2Na. The number of hydrogen-bond donors (Lipinski definition) is 0. The van der Waals surface area contributed by atoms with Gasteiger partial charge in [-0.25, -0.2) is 0 Å². The molecule has 0 fully saturated rings. The second-order valence-corrected chi connectivity index (χ2v) is 2.87. The Bertz CT molecular complexity index is 371. The predicted octanol–water partition coefficient (Wildman–Crippen LogP) is 3.45. The van der Waals surface area contributed by atoms with Crippen LogP contribution in [0.15, 0.2) is 70.9 Å². The molecule has 0 saturated heterocycles. The van der Waals surface area contributed by atoms with Crippen molar-refractivity contribution in [1.82, 2.24) is 0 Å². The molecule has 0 heterocycles. The van der Waals surface area contributed by atoms with Gasteiger partial charge in [-0.05, 0) is 24.3 Å². The number of rotatable bonds is 2. The monoisotopic (exact) mass is 206 g/mol. The van der Waals surface area contributed by atoms with Crippen molar-refractivity contribution >= 4 is 40.9 Å². The number of nitrogens with zero attached hydrogens (tertiary/aromatic N) is 2. The van der Waals surface area contributed by atoms with Crippen LogP contribution in [-0.2, 0) is 0 Å². The minimum Gasteiger partial charge on any atom is -0.151 e. The van der Waals surface area contributed by atoms with E-state index < -0.39 is 0 Å². The molecule has 0 aliphatic heterocycles. The molecule has 0 unspecified atom stereocenters. The molecule has 0 saturated carbocycles. The molecule has 2 aromatic carbocycles. The van der Waals surface area contributed by atoms with Gasteiger partial charge in [0.25, 0.3) is 0 Å². The summed E-state index contributed by atoms with van der Waals surface area (Å²) in [6.07, 6.45) is 0. The summed E-state index contributed by atoms with van der Waals surface area (Å²) in [6.45, 7) is 0. The summed E-state index contributed by atoms with van der Waals surface area (Å²) in [6, 6.07) is 19.4. The average Bonchev–Trinajstić information content (AvgIpc) is 2.29. The van der Waals surface area contributed by atoms with E-state index in [1.807, 2.05) is 60.7 Å². The van der Waals surface area contributed by atoms with Gasteiger partial charge in [-0.1, -0.05) is 36.4 Å². The molecule has 2 aromatic rings. The number of azo groups is 1. The van der Waals surface area contributed by atoms with Crippen LogP contribution in [0.3, 0.4) is 0 Å². The van der Waals surface area contributed by atoms with Crippen molar-refractivity contribution in [1.29, 1.82) is 0 Å². The molecule has 0 atom stereocenters. The minimum absolute atomic E-state index is 0. The third-order valence-electron chi connectivity index (χ3n) is 1.79. The van der Waals surface area contributed by atoms with Crippen LogP contribution in [0.25, 0.3) is 0 Å². The van der Waals surface area contributed by atoms with Gasteiger partial charge in [-0.2, -0.15) is 10.2 Å². The summed E-state index contributed by atoms with van der Waals surface area (Å²) in [4.78, 5) is 0. The molecule has 0 radical (unpaired) electrons. The Hall–Kier alpha value is -0.960. The van der Waals surface area contributed by atoms with Crippen LogP contribution >= 0.6 is 0 Å². The molecule has 0 amide bonds. The van der Waals surface area contributed by atoms with E-state index in [9.17, 15) is 0 Å². The molecule has 0 aliphatic rings. The van der Waals surface area contributed by atoms with Crippen molar-refractivity contribution in [2.45, 2.75) is 0 Å². The van der Waals surface area contributed by atoms with Crippen molar-refractivity contribution in [3.05, 3.63) is 60.7 Å². The Labute approximate surface area is 111 Å². The van der Waals surface area contributed by atoms with Gasteiger partial charge in [-0.3, -0.25) is 0 Å². The van der Waals surface area contributed by atoms with Gasteiger partial charge in [-0.15, -0.1) is 0 Å². The van der Waals surface area contributed by atoms with Gasteiger partial charge in [0, 0.05) is 0 Å². The van der Waals surface area contributed by atoms with Gasteiger partial charge in [0.15, 0.2) is 0 Å². The maximum absolute atomic E-state index is 4.10. The zero-order valence-electron chi connectivity index (χ0n) is 7.67. The standard InChI is InChI=1S/C12H10N2.Na.H/c1-3-7-11(8-4-1)13-14-12-9-5-2-6-10-12;;/h1-10H;;. The topological polar surface area (TPSA) is 24.7 Å². The number of benzene rings is 2. The molecule has 3 heteroatoms. The van der Waals surface area contributed by atoms with Crippen LogP contribution in [0.1, 0.15) is 0 Å². The minimum atomic E-state index is 0. The van der Waals surface area contributed by atoms with Crippen LogP contribution in [0.2, 0.25) is 0 Å². The van der Waals surface area contributed by atoms with Crippen molar-refractivity contribution in [2.24, 2.45) is 10.2 Å². The Morgan fingerprint density at radius 1 is 0.533 bits per heavy atom. The predicted molar refractivity (Wildman–Crippen MR) is 64.2 cm³/mol. The van der Waals surface area contributed by atoms with Crippen LogP contribution in [0.5, 0.6) is 0 Å². The maximum Gasteiger partial charge on any atom is 0.0857 e. The fraction of sp³-hybridized carbons (Fsp3) is 0. The van der Waals surface area contributed by atoms with E-state index in [-0.39, 0.29) is 29.6 Å². The summed E-state index contributed by atoms with van der Waals surface area (Å²) in [5.74, 6) is 0. The average molecular weight is 206 g/mol. The first kappa shape index (κ1) is 12.1. The third kappa shape index (κ3) is 3.96. The van der Waals surface area contributed by atoms with Gasteiger partial charge in [0.05, 0.1) is 11.4 Å². The molecule has 70 valence electrons. The Morgan fingerprint density at radius 2 is 0.867 bits per heavy atom. The molecular weight excluding hydrogens is 195 g/mol. The van der Waals surface area contributed by atoms with Gasteiger partial charge in [0.1, 0.15) is 0 Å². The van der Waals surface area contributed by atoms with Gasteiger partial charge in [0.2, 0.25) is 0 Å². The second kappa shape index (κ2) is 6.51. The van der Waals surface area contributed by atoms with Crippen molar-refractivity contribution in [3.8, 4) is 0 Å².